The van der Waals surface area contributed by atoms with Crippen molar-refractivity contribution < 1.29 is 19.0 Å². The molecule has 0 saturated carbocycles. The third-order valence-corrected chi connectivity index (χ3v) is 3.48. The second-order valence-corrected chi connectivity index (χ2v) is 5.26. The number of carbonyl (C=O) groups excluding carboxylic acids is 1. The highest BCUT2D eigenvalue weighted by Gasteiger charge is 2.17. The average Bonchev–Trinajstić information content (AvgIpc) is 2.66. The van der Waals surface area contributed by atoms with Gasteiger partial charge in [-0.05, 0) is 24.3 Å². The highest BCUT2D eigenvalue weighted by molar-refractivity contribution is 5.85. The first-order chi connectivity index (χ1) is 12.3. The molecule has 25 heavy (non-hydrogen) atoms. The van der Waals surface area contributed by atoms with Gasteiger partial charge in [0.2, 0.25) is 5.75 Å². The molecule has 0 bridgehead atoms. The van der Waals surface area contributed by atoms with Crippen molar-refractivity contribution in [2.45, 2.75) is 0 Å². The summed E-state index contributed by atoms with van der Waals surface area (Å²) in [5.74, 6) is 1.51. The minimum atomic E-state index is -0.246. The van der Waals surface area contributed by atoms with Crippen molar-refractivity contribution in [3.63, 3.8) is 0 Å². The molecule has 7 nitrogen and oxygen atoms in total. The van der Waals surface area contributed by atoms with E-state index in [0.29, 0.717) is 30.5 Å². The standard InChI is InChI=1S/C18H19N3O4/c1-23-15-9-13(10-16-18(15)25-8-7-24-16)11-20-21-17(22)12-19-14-5-3-2-4-6-14/h2-6,9-11,19H,7-8,12H2,1H3,(H,21,22)/b20-11-. The highest BCUT2D eigenvalue weighted by atomic mass is 16.6. The quantitative estimate of drug-likeness (QED) is 0.621. The average molecular weight is 341 g/mol. The SMILES string of the molecule is COc1cc(/C=N\NC(=O)CNc2ccccc2)cc2c1OCCO2. The number of carbonyl (C=O) groups is 1. The molecule has 1 amide bonds. The third-order valence-electron chi connectivity index (χ3n) is 3.48. The van der Waals surface area contributed by atoms with Gasteiger partial charge in [-0.1, -0.05) is 18.2 Å². The molecule has 1 aliphatic rings. The van der Waals surface area contributed by atoms with Crippen LogP contribution in [-0.2, 0) is 4.79 Å². The summed E-state index contributed by atoms with van der Waals surface area (Å²) < 4.78 is 16.4. The Morgan fingerprint density at radius 2 is 2.04 bits per heavy atom. The third kappa shape index (κ3) is 4.41. The normalized spacial score (nSPS) is 12.7. The Morgan fingerprint density at radius 3 is 2.84 bits per heavy atom. The fourth-order valence-corrected chi connectivity index (χ4v) is 2.32. The lowest BCUT2D eigenvalue weighted by Gasteiger charge is -2.20. The van der Waals surface area contributed by atoms with Gasteiger partial charge in [0.05, 0.1) is 19.9 Å². The van der Waals surface area contributed by atoms with Gasteiger partial charge in [0, 0.05) is 11.3 Å². The molecule has 0 saturated heterocycles. The molecule has 0 aromatic heterocycles. The van der Waals surface area contributed by atoms with Crippen LogP contribution in [0.15, 0.2) is 47.6 Å². The number of hydrogen-bond acceptors (Lipinski definition) is 6. The van der Waals surface area contributed by atoms with Crippen molar-refractivity contribution in [1.82, 2.24) is 5.43 Å². The number of nitrogens with one attached hydrogen (secondary N) is 2. The van der Waals surface area contributed by atoms with Crippen LogP contribution in [0.25, 0.3) is 0 Å². The molecule has 3 rings (SSSR count). The van der Waals surface area contributed by atoms with E-state index in [4.69, 9.17) is 14.2 Å². The van der Waals surface area contributed by atoms with Crippen LogP contribution in [0.5, 0.6) is 17.2 Å². The number of nitrogens with zero attached hydrogens (tertiary/aromatic N) is 1. The zero-order chi connectivity index (χ0) is 17.5. The number of rotatable bonds is 6. The molecule has 0 aliphatic carbocycles. The van der Waals surface area contributed by atoms with Gasteiger partial charge >= 0.3 is 0 Å². The maximum Gasteiger partial charge on any atom is 0.259 e. The fraction of sp³-hybridized carbons (Fsp3) is 0.222. The van der Waals surface area contributed by atoms with Crippen molar-refractivity contribution in [1.29, 1.82) is 0 Å². The highest BCUT2D eigenvalue weighted by Crippen LogP contribution is 2.39. The Morgan fingerprint density at radius 1 is 1.24 bits per heavy atom. The summed E-state index contributed by atoms with van der Waals surface area (Å²) in [6.45, 7) is 1.10. The molecule has 1 aliphatic heterocycles. The first-order valence-electron chi connectivity index (χ1n) is 7.85. The van der Waals surface area contributed by atoms with Gasteiger partial charge in [0.25, 0.3) is 5.91 Å². The Labute approximate surface area is 145 Å². The molecule has 0 spiro atoms. The predicted molar refractivity (Wildman–Crippen MR) is 94.7 cm³/mol. The second-order valence-electron chi connectivity index (χ2n) is 5.26. The van der Waals surface area contributed by atoms with E-state index in [0.717, 1.165) is 11.3 Å². The number of hydrogen-bond donors (Lipinski definition) is 2. The largest absolute Gasteiger partial charge is 0.493 e. The van der Waals surface area contributed by atoms with E-state index in [9.17, 15) is 4.79 Å². The van der Waals surface area contributed by atoms with Gasteiger partial charge in [0.15, 0.2) is 11.5 Å². The van der Waals surface area contributed by atoms with Gasteiger partial charge in [-0.25, -0.2) is 5.43 Å². The number of para-hydroxylation sites is 1. The molecule has 0 radical (unpaired) electrons. The van der Waals surface area contributed by atoms with Gasteiger partial charge in [-0.3, -0.25) is 4.79 Å². The first kappa shape index (κ1) is 16.6. The number of ether oxygens (including phenoxy) is 3. The van der Waals surface area contributed by atoms with E-state index in [1.807, 2.05) is 30.3 Å². The monoisotopic (exact) mass is 341 g/mol. The topological polar surface area (TPSA) is 81.2 Å². The van der Waals surface area contributed by atoms with Crippen molar-refractivity contribution in [3.8, 4) is 17.2 Å². The molecule has 2 N–H and O–H groups in total. The Bertz CT molecular complexity index is 745. The van der Waals surface area contributed by atoms with E-state index in [1.54, 1.807) is 19.2 Å². The molecule has 130 valence electrons. The van der Waals surface area contributed by atoms with Crippen LogP contribution in [0.3, 0.4) is 0 Å². The molecular weight excluding hydrogens is 322 g/mol. The van der Waals surface area contributed by atoms with Crippen LogP contribution in [0, 0.1) is 0 Å². The van der Waals surface area contributed by atoms with Gasteiger partial charge in [-0.2, -0.15) is 5.10 Å². The summed E-state index contributed by atoms with van der Waals surface area (Å²) in [6.07, 6.45) is 1.53. The molecule has 7 heteroatoms. The summed E-state index contributed by atoms with van der Waals surface area (Å²) in [5, 5.41) is 6.97. The summed E-state index contributed by atoms with van der Waals surface area (Å²) in [7, 11) is 1.56. The fourth-order valence-electron chi connectivity index (χ4n) is 2.32. The molecule has 0 unspecified atom stereocenters. The molecule has 2 aromatic carbocycles. The Hall–Kier alpha value is -3.22. The van der Waals surface area contributed by atoms with Crippen LogP contribution in [0.4, 0.5) is 5.69 Å². The number of fused-ring (bicyclic) bond motifs is 1. The second kappa shape index (κ2) is 8.05. The zero-order valence-electron chi connectivity index (χ0n) is 13.8. The lowest BCUT2D eigenvalue weighted by atomic mass is 10.2. The van der Waals surface area contributed by atoms with E-state index in [2.05, 4.69) is 15.8 Å². The molecule has 2 aromatic rings. The van der Waals surface area contributed by atoms with Gasteiger partial charge in [-0.15, -0.1) is 0 Å². The minimum absolute atomic E-state index is 0.131. The van der Waals surface area contributed by atoms with E-state index in [-0.39, 0.29) is 12.5 Å². The lowest BCUT2D eigenvalue weighted by molar-refractivity contribution is -0.119. The van der Waals surface area contributed by atoms with Crippen LogP contribution < -0.4 is 25.0 Å². The van der Waals surface area contributed by atoms with Crippen LogP contribution in [-0.4, -0.2) is 39.0 Å². The summed E-state index contributed by atoms with van der Waals surface area (Å²) in [4.78, 5) is 11.8. The lowest BCUT2D eigenvalue weighted by Crippen LogP contribution is -2.25. The van der Waals surface area contributed by atoms with E-state index < -0.39 is 0 Å². The minimum Gasteiger partial charge on any atom is -0.493 e. The van der Waals surface area contributed by atoms with Crippen molar-refractivity contribution in [2.75, 3.05) is 32.2 Å². The van der Waals surface area contributed by atoms with Crippen molar-refractivity contribution in [3.05, 3.63) is 48.0 Å². The zero-order valence-corrected chi connectivity index (χ0v) is 13.8. The van der Waals surface area contributed by atoms with E-state index >= 15 is 0 Å². The molecular formula is C18H19N3O4. The maximum atomic E-state index is 11.8. The predicted octanol–water partition coefficient (Wildman–Crippen LogP) is 2.03. The first-order valence-corrected chi connectivity index (χ1v) is 7.85. The van der Waals surface area contributed by atoms with Crippen molar-refractivity contribution in [2.24, 2.45) is 5.10 Å². The number of hydrazone groups is 1. The van der Waals surface area contributed by atoms with Crippen LogP contribution >= 0.6 is 0 Å². The number of methoxy groups -OCH3 is 1. The summed E-state index contributed by atoms with van der Waals surface area (Å²) >= 11 is 0. The van der Waals surface area contributed by atoms with Crippen LogP contribution in [0.2, 0.25) is 0 Å². The smallest absolute Gasteiger partial charge is 0.259 e. The van der Waals surface area contributed by atoms with Crippen molar-refractivity contribution >= 4 is 17.8 Å². The number of amides is 1. The number of benzene rings is 2. The summed E-state index contributed by atoms with van der Waals surface area (Å²) in [6, 6.07) is 13.0. The number of anilines is 1. The summed E-state index contributed by atoms with van der Waals surface area (Å²) in [5.41, 5.74) is 4.08. The molecule has 0 fully saturated rings. The van der Waals surface area contributed by atoms with Gasteiger partial charge < -0.3 is 19.5 Å². The molecule has 0 atom stereocenters. The maximum absolute atomic E-state index is 11.8. The Balaban J connectivity index is 1.57. The van der Waals surface area contributed by atoms with Gasteiger partial charge in [0.1, 0.15) is 13.2 Å². The van der Waals surface area contributed by atoms with E-state index in [1.165, 1.54) is 6.21 Å². The van der Waals surface area contributed by atoms with Crippen LogP contribution in [0.1, 0.15) is 5.56 Å². The molecule has 1 heterocycles. The Kier molecular flexibility index (Phi) is 5.36.